The average Bonchev–Trinajstić information content (AvgIpc) is 2.60. The number of aryl methyl sites for hydroxylation is 1. The van der Waals surface area contributed by atoms with Crippen LogP contribution in [0.25, 0.3) is 0 Å². The Kier molecular flexibility index (Phi) is 5.75. The lowest BCUT2D eigenvalue weighted by Crippen LogP contribution is -2.56. The van der Waals surface area contributed by atoms with Gasteiger partial charge >= 0.3 is 6.09 Å². The summed E-state index contributed by atoms with van der Waals surface area (Å²) < 4.78 is 5.46. The van der Waals surface area contributed by atoms with E-state index >= 15 is 0 Å². The summed E-state index contributed by atoms with van der Waals surface area (Å²) in [6, 6.07) is 7.40. The molecule has 6 nitrogen and oxygen atoms in total. The van der Waals surface area contributed by atoms with Crippen molar-refractivity contribution in [3.05, 3.63) is 35.4 Å². The number of ether oxygens (including phenoxy) is 1. The van der Waals surface area contributed by atoms with Crippen LogP contribution in [0, 0.1) is 0 Å². The van der Waals surface area contributed by atoms with Gasteiger partial charge < -0.3 is 15.2 Å². The molecule has 1 fully saturated rings. The van der Waals surface area contributed by atoms with Crippen molar-refractivity contribution in [3.63, 3.8) is 0 Å². The molecule has 1 saturated heterocycles. The molecule has 0 bridgehead atoms. The molecule has 2 N–H and O–H groups in total. The maximum Gasteiger partial charge on any atom is 0.410 e. The number of carbonyl (C=O) groups excluding carboxylic acids is 2. The van der Waals surface area contributed by atoms with Gasteiger partial charge in [-0.05, 0) is 57.6 Å². The molecule has 0 spiro atoms. The summed E-state index contributed by atoms with van der Waals surface area (Å²) in [6.07, 6.45) is 2.52. The lowest BCUT2D eigenvalue weighted by atomic mass is 9.87. The van der Waals surface area contributed by atoms with Gasteiger partial charge in [0.1, 0.15) is 11.6 Å². The van der Waals surface area contributed by atoms with E-state index in [1.807, 2.05) is 12.1 Å². The predicted octanol–water partition coefficient (Wildman–Crippen LogP) is 2.94. The van der Waals surface area contributed by atoms with Crippen LogP contribution in [0.4, 0.5) is 4.79 Å². The summed E-state index contributed by atoms with van der Waals surface area (Å²) >= 11 is 0. The predicted molar refractivity (Wildman–Crippen MR) is 102 cm³/mol. The number of fused-ring (bicyclic) bond motifs is 1. The van der Waals surface area contributed by atoms with Gasteiger partial charge in [0, 0.05) is 13.0 Å². The van der Waals surface area contributed by atoms with Crippen molar-refractivity contribution < 1.29 is 19.4 Å². The van der Waals surface area contributed by atoms with Crippen molar-refractivity contribution in [2.24, 2.45) is 0 Å². The first-order chi connectivity index (χ1) is 12.7. The molecule has 1 heterocycles. The summed E-state index contributed by atoms with van der Waals surface area (Å²) in [6.45, 7) is 5.72. The Morgan fingerprint density at radius 3 is 2.70 bits per heavy atom. The van der Waals surface area contributed by atoms with E-state index in [-0.39, 0.29) is 18.4 Å². The first kappa shape index (κ1) is 19.7. The standard InChI is InChI=1S/C21H30N2O4/c1-21(2,3)27-20(26)23-12-11-15(24)13-18(23)19(25)22-17-10-6-8-14-7-4-5-9-16(14)17/h4-5,7,9,15,17-18,24H,6,8,10-13H2,1-3H3,(H,22,25)/t15-,17?,18?/m1/s1. The molecular weight excluding hydrogens is 344 g/mol. The Bertz CT molecular complexity index is 698. The fraction of sp³-hybridized carbons (Fsp3) is 0.619. The molecule has 3 atom stereocenters. The molecule has 2 unspecified atom stereocenters. The monoisotopic (exact) mass is 374 g/mol. The van der Waals surface area contributed by atoms with Crippen molar-refractivity contribution in [3.8, 4) is 0 Å². The van der Waals surface area contributed by atoms with Crippen LogP contribution in [0.2, 0.25) is 0 Å². The Morgan fingerprint density at radius 1 is 1.22 bits per heavy atom. The number of aliphatic hydroxyl groups excluding tert-OH is 1. The maximum absolute atomic E-state index is 13.0. The Hall–Kier alpha value is -2.08. The SMILES string of the molecule is CC(C)(C)OC(=O)N1CC[C@@H](O)CC1C(=O)NC1CCCc2ccccc21. The molecule has 0 aromatic heterocycles. The highest BCUT2D eigenvalue weighted by Gasteiger charge is 2.38. The second-order valence-corrected chi connectivity index (χ2v) is 8.52. The average molecular weight is 374 g/mol. The van der Waals surface area contributed by atoms with Crippen molar-refractivity contribution in [1.29, 1.82) is 0 Å². The van der Waals surface area contributed by atoms with Crippen LogP contribution in [0.5, 0.6) is 0 Å². The van der Waals surface area contributed by atoms with Crippen LogP contribution >= 0.6 is 0 Å². The van der Waals surface area contributed by atoms with Crippen molar-refractivity contribution in [2.75, 3.05) is 6.54 Å². The van der Waals surface area contributed by atoms with E-state index in [2.05, 4.69) is 17.4 Å². The molecule has 1 aliphatic carbocycles. The quantitative estimate of drug-likeness (QED) is 0.834. The highest BCUT2D eigenvalue weighted by Crippen LogP contribution is 2.30. The molecule has 27 heavy (non-hydrogen) atoms. The third kappa shape index (κ3) is 4.80. The zero-order chi connectivity index (χ0) is 19.6. The normalized spacial score (nSPS) is 25.5. The van der Waals surface area contributed by atoms with Crippen molar-refractivity contribution in [1.82, 2.24) is 10.2 Å². The van der Waals surface area contributed by atoms with Crippen LogP contribution in [-0.4, -0.2) is 46.3 Å². The summed E-state index contributed by atoms with van der Waals surface area (Å²) in [4.78, 5) is 27.1. The third-order valence-electron chi connectivity index (χ3n) is 5.19. The number of piperidine rings is 1. The fourth-order valence-electron chi connectivity index (χ4n) is 3.91. The molecule has 6 heteroatoms. The topological polar surface area (TPSA) is 78.9 Å². The number of hydrogen-bond donors (Lipinski definition) is 2. The van der Waals surface area contributed by atoms with Crippen molar-refractivity contribution in [2.45, 2.75) is 76.7 Å². The number of aliphatic hydroxyl groups is 1. The minimum atomic E-state index is -0.710. The number of rotatable bonds is 2. The summed E-state index contributed by atoms with van der Waals surface area (Å²) in [5.74, 6) is -0.221. The summed E-state index contributed by atoms with van der Waals surface area (Å²) in [7, 11) is 0. The second kappa shape index (κ2) is 7.89. The number of amides is 2. The van der Waals surface area contributed by atoms with E-state index in [1.54, 1.807) is 20.8 Å². The summed E-state index contributed by atoms with van der Waals surface area (Å²) in [5.41, 5.74) is 1.79. The van der Waals surface area contributed by atoms with Crippen molar-refractivity contribution >= 4 is 12.0 Å². The molecule has 3 rings (SSSR count). The number of nitrogens with one attached hydrogen (secondary N) is 1. The van der Waals surface area contributed by atoms with Gasteiger partial charge in [-0.1, -0.05) is 24.3 Å². The van der Waals surface area contributed by atoms with E-state index in [4.69, 9.17) is 4.74 Å². The van der Waals surface area contributed by atoms with Gasteiger partial charge in [0.25, 0.3) is 0 Å². The molecule has 2 amide bonds. The summed E-state index contributed by atoms with van der Waals surface area (Å²) in [5, 5.41) is 13.2. The van der Waals surface area contributed by atoms with Crippen LogP contribution in [0.15, 0.2) is 24.3 Å². The smallest absolute Gasteiger partial charge is 0.410 e. The van der Waals surface area contributed by atoms with Crippen LogP contribution in [0.1, 0.15) is 63.6 Å². The minimum Gasteiger partial charge on any atom is -0.444 e. The number of benzene rings is 1. The Morgan fingerprint density at radius 2 is 1.96 bits per heavy atom. The number of nitrogens with zero attached hydrogens (tertiary/aromatic N) is 1. The van der Waals surface area contributed by atoms with Crippen LogP contribution < -0.4 is 5.32 Å². The molecular formula is C21H30N2O4. The number of hydrogen-bond acceptors (Lipinski definition) is 4. The molecule has 148 valence electrons. The number of carbonyl (C=O) groups is 2. The van der Waals surface area contributed by atoms with Gasteiger partial charge in [-0.15, -0.1) is 0 Å². The van der Waals surface area contributed by atoms with Crippen LogP contribution in [-0.2, 0) is 16.0 Å². The molecule has 1 aromatic rings. The van der Waals surface area contributed by atoms with Gasteiger partial charge in [0.15, 0.2) is 0 Å². The Balaban J connectivity index is 1.74. The van der Waals surface area contributed by atoms with E-state index in [0.717, 1.165) is 24.8 Å². The highest BCUT2D eigenvalue weighted by molar-refractivity contribution is 5.86. The van der Waals surface area contributed by atoms with E-state index in [9.17, 15) is 14.7 Å². The van der Waals surface area contributed by atoms with Gasteiger partial charge in [-0.2, -0.15) is 0 Å². The number of likely N-dealkylation sites (tertiary alicyclic amines) is 1. The van der Waals surface area contributed by atoms with Gasteiger partial charge in [-0.3, -0.25) is 9.69 Å². The lowest BCUT2D eigenvalue weighted by molar-refractivity contribution is -0.130. The molecule has 0 saturated carbocycles. The van der Waals surface area contributed by atoms with E-state index in [0.29, 0.717) is 13.0 Å². The van der Waals surface area contributed by atoms with Gasteiger partial charge in [-0.25, -0.2) is 4.79 Å². The molecule has 1 aromatic carbocycles. The molecule has 0 radical (unpaired) electrons. The first-order valence-electron chi connectivity index (χ1n) is 9.80. The maximum atomic E-state index is 13.0. The van der Waals surface area contributed by atoms with Gasteiger partial charge in [0.2, 0.25) is 5.91 Å². The van der Waals surface area contributed by atoms with Gasteiger partial charge in [0.05, 0.1) is 12.1 Å². The molecule has 1 aliphatic heterocycles. The van der Waals surface area contributed by atoms with Crippen LogP contribution in [0.3, 0.4) is 0 Å². The fourth-order valence-corrected chi connectivity index (χ4v) is 3.91. The minimum absolute atomic E-state index is 0.0537. The second-order valence-electron chi connectivity index (χ2n) is 8.52. The van der Waals surface area contributed by atoms with E-state index < -0.39 is 23.8 Å². The third-order valence-corrected chi connectivity index (χ3v) is 5.19. The lowest BCUT2D eigenvalue weighted by Gasteiger charge is -2.38. The first-order valence-corrected chi connectivity index (χ1v) is 9.80. The highest BCUT2D eigenvalue weighted by atomic mass is 16.6. The zero-order valence-corrected chi connectivity index (χ0v) is 16.4. The molecule has 2 aliphatic rings. The largest absolute Gasteiger partial charge is 0.444 e. The van der Waals surface area contributed by atoms with E-state index in [1.165, 1.54) is 10.5 Å². The zero-order valence-electron chi connectivity index (χ0n) is 16.4. The Labute approximate surface area is 160 Å².